The van der Waals surface area contributed by atoms with Crippen molar-refractivity contribution in [2.24, 2.45) is 5.92 Å². The number of hydrogen-bond acceptors (Lipinski definition) is 2. The molecule has 2 fully saturated rings. The van der Waals surface area contributed by atoms with E-state index >= 15 is 0 Å². The van der Waals surface area contributed by atoms with Gasteiger partial charge < -0.3 is 9.31 Å². The van der Waals surface area contributed by atoms with Crippen LogP contribution in [0.3, 0.4) is 0 Å². The van der Waals surface area contributed by atoms with Crippen LogP contribution >= 0.6 is 11.6 Å². The smallest absolute Gasteiger partial charge is 0.403 e. The summed E-state index contributed by atoms with van der Waals surface area (Å²) in [6.45, 7) is 8.35. The van der Waals surface area contributed by atoms with Crippen LogP contribution < -0.4 is 0 Å². The van der Waals surface area contributed by atoms with Gasteiger partial charge in [-0.15, -0.1) is 11.6 Å². The van der Waals surface area contributed by atoms with Crippen molar-refractivity contribution in [3.63, 3.8) is 0 Å². The zero-order valence-electron chi connectivity index (χ0n) is 9.34. The molecule has 1 aliphatic carbocycles. The Kier molecular flexibility index (Phi) is 2.41. The molecule has 4 heteroatoms. The van der Waals surface area contributed by atoms with Gasteiger partial charge >= 0.3 is 7.12 Å². The summed E-state index contributed by atoms with van der Waals surface area (Å²) in [7, 11) is -0.0382. The van der Waals surface area contributed by atoms with E-state index in [-0.39, 0.29) is 18.3 Å². The fourth-order valence-corrected chi connectivity index (χ4v) is 2.20. The molecule has 0 spiro atoms. The molecule has 0 aromatic carbocycles. The van der Waals surface area contributed by atoms with Gasteiger partial charge in [-0.05, 0) is 45.9 Å². The second-order valence-electron chi connectivity index (χ2n) is 5.44. The quantitative estimate of drug-likeness (QED) is 0.522. The van der Waals surface area contributed by atoms with E-state index in [4.69, 9.17) is 20.9 Å². The highest BCUT2D eigenvalue weighted by Gasteiger charge is 2.59. The van der Waals surface area contributed by atoms with Crippen molar-refractivity contribution in [1.82, 2.24) is 0 Å². The lowest BCUT2D eigenvalue weighted by atomic mass is 9.81. The molecule has 1 saturated heterocycles. The van der Waals surface area contributed by atoms with Gasteiger partial charge in [-0.1, -0.05) is 0 Å². The highest BCUT2D eigenvalue weighted by atomic mass is 35.5. The predicted octanol–water partition coefficient (Wildman–Crippen LogP) is 2.71. The second kappa shape index (κ2) is 3.13. The van der Waals surface area contributed by atoms with E-state index in [1.807, 2.05) is 0 Å². The topological polar surface area (TPSA) is 18.5 Å². The zero-order valence-corrected chi connectivity index (χ0v) is 10.1. The van der Waals surface area contributed by atoms with Crippen molar-refractivity contribution in [1.29, 1.82) is 0 Å². The molecule has 0 amide bonds. The standard InChI is InChI=1S/C10H18BClO2/c1-9(2)10(3,4)14-11(13-9)8-5-7(8)6-12/h7-8H,5-6H2,1-4H3/t7-,8+/m1/s1. The van der Waals surface area contributed by atoms with Gasteiger partial charge in [0.2, 0.25) is 0 Å². The number of halogens is 1. The summed E-state index contributed by atoms with van der Waals surface area (Å²) in [5, 5.41) is 0. The van der Waals surface area contributed by atoms with Gasteiger partial charge in [0.1, 0.15) is 0 Å². The Morgan fingerprint density at radius 1 is 1.21 bits per heavy atom. The minimum atomic E-state index is -0.197. The van der Waals surface area contributed by atoms with Crippen molar-refractivity contribution < 1.29 is 9.31 Å². The van der Waals surface area contributed by atoms with Crippen LogP contribution in [0.4, 0.5) is 0 Å². The van der Waals surface area contributed by atoms with Crippen LogP contribution in [0.25, 0.3) is 0 Å². The summed E-state index contributed by atoms with van der Waals surface area (Å²) in [6, 6.07) is 0. The maximum atomic E-state index is 5.94. The molecule has 0 radical (unpaired) electrons. The van der Waals surface area contributed by atoms with Gasteiger partial charge in [-0.3, -0.25) is 0 Å². The molecule has 80 valence electrons. The first-order valence-corrected chi connectivity index (χ1v) is 5.82. The first-order chi connectivity index (χ1) is 6.37. The van der Waals surface area contributed by atoms with Gasteiger partial charge in [0.15, 0.2) is 0 Å². The zero-order chi connectivity index (χ0) is 10.6. The molecule has 0 bridgehead atoms. The monoisotopic (exact) mass is 216 g/mol. The SMILES string of the molecule is CC1(C)OB([C@H]2C[C@@H]2CCl)OC1(C)C. The van der Waals surface area contributed by atoms with Gasteiger partial charge in [-0.25, -0.2) is 0 Å². The molecule has 14 heavy (non-hydrogen) atoms. The fourth-order valence-electron chi connectivity index (χ4n) is 1.85. The molecule has 2 atom stereocenters. The first-order valence-electron chi connectivity index (χ1n) is 5.29. The molecule has 2 nitrogen and oxygen atoms in total. The van der Waals surface area contributed by atoms with Crippen LogP contribution in [-0.2, 0) is 9.31 Å². The van der Waals surface area contributed by atoms with Crippen molar-refractivity contribution >= 4 is 18.7 Å². The minimum absolute atomic E-state index is 0.0382. The van der Waals surface area contributed by atoms with E-state index < -0.39 is 0 Å². The number of hydrogen-bond donors (Lipinski definition) is 0. The van der Waals surface area contributed by atoms with Crippen LogP contribution in [-0.4, -0.2) is 24.2 Å². The third kappa shape index (κ3) is 1.60. The summed E-state index contributed by atoms with van der Waals surface area (Å²) in [5.74, 6) is 1.86. The fraction of sp³-hybridized carbons (Fsp3) is 1.00. The van der Waals surface area contributed by atoms with E-state index in [1.165, 1.54) is 0 Å². The van der Waals surface area contributed by atoms with Crippen molar-refractivity contribution in [3.8, 4) is 0 Å². The van der Waals surface area contributed by atoms with Crippen LogP contribution in [0.1, 0.15) is 34.1 Å². The lowest BCUT2D eigenvalue weighted by Gasteiger charge is -2.32. The second-order valence-corrected chi connectivity index (χ2v) is 5.75. The van der Waals surface area contributed by atoms with Crippen molar-refractivity contribution in [2.45, 2.75) is 51.1 Å². The molecule has 0 aromatic rings. The molecule has 0 N–H and O–H groups in total. The van der Waals surface area contributed by atoms with Crippen molar-refractivity contribution in [2.75, 3.05) is 5.88 Å². The van der Waals surface area contributed by atoms with Gasteiger partial charge in [0.25, 0.3) is 0 Å². The Balaban J connectivity index is 2.01. The van der Waals surface area contributed by atoms with Crippen LogP contribution in [0.5, 0.6) is 0 Å². The third-order valence-corrected chi connectivity index (χ3v) is 4.19. The van der Waals surface area contributed by atoms with E-state index in [0.29, 0.717) is 11.7 Å². The third-order valence-electron chi connectivity index (χ3n) is 3.80. The Morgan fingerprint density at radius 3 is 2.07 bits per heavy atom. The molecular formula is C10H18BClO2. The molecule has 1 aliphatic heterocycles. The highest BCUT2D eigenvalue weighted by Crippen LogP contribution is 2.53. The van der Waals surface area contributed by atoms with E-state index in [1.54, 1.807) is 0 Å². The number of rotatable bonds is 2. The Labute approximate surface area is 91.4 Å². The molecule has 1 saturated carbocycles. The highest BCUT2D eigenvalue weighted by molar-refractivity contribution is 6.49. The Morgan fingerprint density at radius 2 is 1.71 bits per heavy atom. The van der Waals surface area contributed by atoms with Crippen molar-refractivity contribution in [3.05, 3.63) is 0 Å². The maximum absolute atomic E-state index is 5.94. The average Bonchev–Trinajstić information content (AvgIpc) is 2.75. The van der Waals surface area contributed by atoms with Gasteiger partial charge in [0, 0.05) is 5.88 Å². The summed E-state index contributed by atoms with van der Waals surface area (Å²) in [4.78, 5) is 0. The molecule has 0 unspecified atom stereocenters. The number of alkyl halides is 1. The predicted molar refractivity (Wildman–Crippen MR) is 58.7 cm³/mol. The minimum Gasteiger partial charge on any atom is -0.403 e. The largest absolute Gasteiger partial charge is 0.461 e. The van der Waals surface area contributed by atoms with Gasteiger partial charge in [-0.2, -0.15) is 0 Å². The average molecular weight is 217 g/mol. The first kappa shape index (κ1) is 10.8. The molecule has 1 heterocycles. The molecular weight excluding hydrogens is 198 g/mol. The summed E-state index contributed by atoms with van der Waals surface area (Å²) < 4.78 is 11.9. The van der Waals surface area contributed by atoms with Gasteiger partial charge in [0.05, 0.1) is 11.2 Å². The van der Waals surface area contributed by atoms with Crippen LogP contribution in [0, 0.1) is 5.92 Å². The van der Waals surface area contributed by atoms with Crippen LogP contribution in [0.2, 0.25) is 5.82 Å². The lowest BCUT2D eigenvalue weighted by Crippen LogP contribution is -2.41. The Bertz CT molecular complexity index is 226. The van der Waals surface area contributed by atoms with E-state index in [0.717, 1.165) is 12.3 Å². The van der Waals surface area contributed by atoms with Crippen LogP contribution in [0.15, 0.2) is 0 Å². The maximum Gasteiger partial charge on any atom is 0.461 e. The summed E-state index contributed by atoms with van der Waals surface area (Å²) >= 11 is 5.80. The summed E-state index contributed by atoms with van der Waals surface area (Å²) in [5.41, 5.74) is -0.395. The Hall–Kier alpha value is 0.275. The normalized spacial score (nSPS) is 38.8. The van der Waals surface area contributed by atoms with E-state index in [2.05, 4.69) is 27.7 Å². The molecule has 0 aromatic heterocycles. The van der Waals surface area contributed by atoms with E-state index in [9.17, 15) is 0 Å². The lowest BCUT2D eigenvalue weighted by molar-refractivity contribution is 0.00578. The molecule has 2 aliphatic rings. The summed E-state index contributed by atoms with van der Waals surface area (Å²) in [6.07, 6.45) is 1.15. The molecule has 2 rings (SSSR count).